The van der Waals surface area contributed by atoms with Gasteiger partial charge in [-0.3, -0.25) is 4.57 Å². The molecule has 4 atom stereocenters. The minimum Gasteiger partial charge on any atom is -0.394 e. The number of nitrogens with zero attached hydrogens (tertiary/aromatic N) is 3. The van der Waals surface area contributed by atoms with Gasteiger partial charge >= 0.3 is 5.69 Å². The molecule has 1 aromatic heterocycles. The van der Waals surface area contributed by atoms with Gasteiger partial charge in [0.25, 0.3) is 0 Å². The van der Waals surface area contributed by atoms with Crippen molar-refractivity contribution in [3.8, 4) is 0 Å². The fourth-order valence-electron chi connectivity index (χ4n) is 2.01. The van der Waals surface area contributed by atoms with Gasteiger partial charge in [0.1, 0.15) is 24.6 Å². The first-order valence-corrected chi connectivity index (χ1v) is 6.75. The molecule has 0 spiro atoms. The zero-order chi connectivity index (χ0) is 15.6. The van der Waals surface area contributed by atoms with Gasteiger partial charge in [0.15, 0.2) is 6.23 Å². The highest BCUT2D eigenvalue weighted by molar-refractivity contribution is 5.20. The van der Waals surface area contributed by atoms with Gasteiger partial charge in [-0.05, 0) is 5.92 Å². The Labute approximate surface area is 121 Å². The van der Waals surface area contributed by atoms with E-state index < -0.39 is 36.8 Å². The van der Waals surface area contributed by atoms with Crippen LogP contribution < -0.4 is 11.0 Å². The Balaban J connectivity index is 2.16. The van der Waals surface area contributed by atoms with E-state index >= 15 is 0 Å². The zero-order valence-electron chi connectivity index (χ0n) is 11.9. The third-order valence-corrected chi connectivity index (χ3v) is 3.19. The summed E-state index contributed by atoms with van der Waals surface area (Å²) >= 11 is 0. The molecule has 0 aromatic carbocycles. The average molecular weight is 300 g/mol. The molecule has 2 heterocycles. The lowest BCUT2D eigenvalue weighted by Gasteiger charge is -2.16. The molecule has 4 N–H and O–H groups in total. The van der Waals surface area contributed by atoms with E-state index in [4.69, 9.17) is 9.84 Å². The Morgan fingerprint density at radius 3 is 2.67 bits per heavy atom. The second-order valence-corrected chi connectivity index (χ2v) is 5.37. The van der Waals surface area contributed by atoms with Gasteiger partial charge in [0, 0.05) is 6.54 Å². The van der Waals surface area contributed by atoms with Gasteiger partial charge < -0.3 is 25.4 Å². The van der Waals surface area contributed by atoms with Crippen LogP contribution in [-0.2, 0) is 4.74 Å². The van der Waals surface area contributed by atoms with E-state index in [1.165, 1.54) is 6.33 Å². The van der Waals surface area contributed by atoms with Gasteiger partial charge in [-0.25, -0.2) is 9.78 Å². The van der Waals surface area contributed by atoms with E-state index in [1.807, 2.05) is 13.8 Å². The molecule has 1 aliphatic heterocycles. The molecule has 0 aliphatic carbocycles. The highest BCUT2D eigenvalue weighted by Crippen LogP contribution is 2.27. The van der Waals surface area contributed by atoms with Crippen molar-refractivity contribution in [1.29, 1.82) is 0 Å². The predicted octanol–water partition coefficient (Wildman–Crippen LogP) is -1.68. The monoisotopic (exact) mass is 300 g/mol. The number of hydrogen-bond acceptors (Lipinski definition) is 8. The Morgan fingerprint density at radius 1 is 1.43 bits per heavy atom. The summed E-state index contributed by atoms with van der Waals surface area (Å²) in [7, 11) is 0. The van der Waals surface area contributed by atoms with Crippen molar-refractivity contribution < 1.29 is 20.1 Å². The third-order valence-electron chi connectivity index (χ3n) is 3.19. The summed E-state index contributed by atoms with van der Waals surface area (Å²) in [6.07, 6.45) is -3.48. The Hall–Kier alpha value is -1.55. The van der Waals surface area contributed by atoms with E-state index in [1.54, 1.807) is 0 Å². The molecule has 0 bridgehead atoms. The molecule has 21 heavy (non-hydrogen) atoms. The summed E-state index contributed by atoms with van der Waals surface area (Å²) in [4.78, 5) is 19.7. The lowest BCUT2D eigenvalue weighted by molar-refractivity contribution is -0.0554. The highest BCUT2D eigenvalue weighted by Gasteiger charge is 2.43. The quantitative estimate of drug-likeness (QED) is 0.507. The summed E-state index contributed by atoms with van der Waals surface area (Å²) in [5.41, 5.74) is -0.661. The topological polar surface area (TPSA) is 130 Å². The standard InChI is InChI=1S/C12H20N4O5/c1-6(2)3-13-11-14-5-16(12(20)15-11)10-9(19)8(18)7(4-17)21-10/h5-10,17-19H,3-4H2,1-2H3,(H,13,15,20)/t7-,8-,9-,10-/m1/s1. The van der Waals surface area contributed by atoms with Crippen LogP contribution in [0.2, 0.25) is 0 Å². The fourth-order valence-corrected chi connectivity index (χ4v) is 2.01. The summed E-state index contributed by atoms with van der Waals surface area (Å²) in [6, 6.07) is 0. The summed E-state index contributed by atoms with van der Waals surface area (Å²) in [6.45, 7) is 4.18. The van der Waals surface area contributed by atoms with Crippen LogP contribution in [0, 0.1) is 5.92 Å². The molecule has 9 nitrogen and oxygen atoms in total. The Bertz CT molecular complexity index is 535. The van der Waals surface area contributed by atoms with E-state index in [-0.39, 0.29) is 5.95 Å². The minimum absolute atomic E-state index is 0.191. The second kappa shape index (κ2) is 6.48. The van der Waals surface area contributed by atoms with Crippen LogP contribution in [0.15, 0.2) is 11.1 Å². The van der Waals surface area contributed by atoms with Gasteiger partial charge in [-0.15, -0.1) is 0 Å². The van der Waals surface area contributed by atoms with Crippen molar-refractivity contribution in [2.45, 2.75) is 38.4 Å². The number of aliphatic hydroxyl groups is 3. The molecular formula is C12H20N4O5. The molecule has 0 saturated carbocycles. The molecule has 0 unspecified atom stereocenters. The van der Waals surface area contributed by atoms with Crippen LogP contribution in [0.5, 0.6) is 0 Å². The largest absolute Gasteiger partial charge is 0.394 e. The van der Waals surface area contributed by atoms with Crippen LogP contribution >= 0.6 is 0 Å². The number of nitrogens with one attached hydrogen (secondary N) is 1. The molecule has 1 aliphatic rings. The number of hydrogen-bond donors (Lipinski definition) is 4. The maximum Gasteiger partial charge on any atom is 0.354 e. The minimum atomic E-state index is -1.34. The van der Waals surface area contributed by atoms with Gasteiger partial charge in [-0.1, -0.05) is 13.8 Å². The number of aromatic nitrogens is 3. The fraction of sp³-hybridized carbons (Fsp3) is 0.750. The Kier molecular flexibility index (Phi) is 4.88. The van der Waals surface area contributed by atoms with Crippen molar-refractivity contribution >= 4 is 5.95 Å². The van der Waals surface area contributed by atoms with Crippen LogP contribution in [0.3, 0.4) is 0 Å². The molecule has 1 fully saturated rings. The first-order chi connectivity index (χ1) is 9.93. The highest BCUT2D eigenvalue weighted by atomic mass is 16.6. The van der Waals surface area contributed by atoms with Crippen LogP contribution in [-0.4, -0.2) is 61.3 Å². The lowest BCUT2D eigenvalue weighted by Crippen LogP contribution is -2.36. The molecule has 1 saturated heterocycles. The number of aliphatic hydroxyl groups excluding tert-OH is 3. The molecule has 1 aromatic rings. The SMILES string of the molecule is CC(C)CNc1ncn([C@@H]2O[C@H](CO)[C@@H](O)[C@H]2O)c(=O)n1. The third kappa shape index (κ3) is 3.38. The molecular weight excluding hydrogens is 280 g/mol. The van der Waals surface area contributed by atoms with Gasteiger partial charge in [0.2, 0.25) is 5.95 Å². The van der Waals surface area contributed by atoms with Crippen LogP contribution in [0.4, 0.5) is 5.95 Å². The smallest absolute Gasteiger partial charge is 0.354 e. The second-order valence-electron chi connectivity index (χ2n) is 5.37. The molecule has 9 heteroatoms. The maximum absolute atomic E-state index is 12.0. The van der Waals surface area contributed by atoms with Crippen molar-refractivity contribution in [3.63, 3.8) is 0 Å². The first-order valence-electron chi connectivity index (χ1n) is 6.75. The average Bonchev–Trinajstić information content (AvgIpc) is 2.73. The molecule has 2 rings (SSSR count). The molecule has 0 amide bonds. The number of anilines is 1. The molecule has 0 radical (unpaired) electrons. The van der Waals surface area contributed by atoms with Crippen LogP contribution in [0.1, 0.15) is 20.1 Å². The van der Waals surface area contributed by atoms with E-state index in [0.29, 0.717) is 12.5 Å². The zero-order valence-corrected chi connectivity index (χ0v) is 11.9. The van der Waals surface area contributed by atoms with Gasteiger partial charge in [-0.2, -0.15) is 4.98 Å². The maximum atomic E-state index is 12.0. The lowest BCUT2D eigenvalue weighted by atomic mass is 10.1. The van der Waals surface area contributed by atoms with Crippen LogP contribution in [0.25, 0.3) is 0 Å². The summed E-state index contributed by atoms with van der Waals surface area (Å²) in [5.74, 6) is 0.563. The normalized spacial score (nSPS) is 29.0. The van der Waals surface area contributed by atoms with Crippen molar-refractivity contribution in [3.05, 3.63) is 16.8 Å². The predicted molar refractivity (Wildman–Crippen MR) is 72.6 cm³/mol. The summed E-state index contributed by atoms with van der Waals surface area (Å²) < 4.78 is 6.24. The van der Waals surface area contributed by atoms with E-state index in [9.17, 15) is 15.0 Å². The number of rotatable bonds is 5. The Morgan fingerprint density at radius 2 is 2.14 bits per heavy atom. The number of ether oxygens (including phenoxy) is 1. The van der Waals surface area contributed by atoms with E-state index in [2.05, 4.69) is 15.3 Å². The van der Waals surface area contributed by atoms with Crippen molar-refractivity contribution in [2.75, 3.05) is 18.5 Å². The summed E-state index contributed by atoms with van der Waals surface area (Å²) in [5, 5.41) is 31.5. The van der Waals surface area contributed by atoms with Gasteiger partial charge in [0.05, 0.1) is 6.61 Å². The van der Waals surface area contributed by atoms with Crippen molar-refractivity contribution in [2.24, 2.45) is 5.92 Å². The first kappa shape index (κ1) is 15.8. The van der Waals surface area contributed by atoms with Crippen molar-refractivity contribution in [1.82, 2.24) is 14.5 Å². The molecule has 118 valence electrons. The van der Waals surface area contributed by atoms with E-state index in [0.717, 1.165) is 4.57 Å².